The van der Waals surface area contributed by atoms with Crippen molar-refractivity contribution in [3.8, 4) is 6.07 Å². The second-order valence-electron chi connectivity index (χ2n) is 3.92. The molecule has 0 spiro atoms. The number of anilines is 1. The molecular formula is C15H12N2OS. The Hall–Kier alpha value is -2.25. The van der Waals surface area contributed by atoms with Gasteiger partial charge in [0.15, 0.2) is 0 Å². The van der Waals surface area contributed by atoms with Crippen LogP contribution in [-0.4, -0.2) is 5.91 Å². The summed E-state index contributed by atoms with van der Waals surface area (Å²) in [5, 5.41) is 11.7. The van der Waals surface area contributed by atoms with Gasteiger partial charge in [-0.2, -0.15) is 5.26 Å². The zero-order chi connectivity index (χ0) is 13.7. The molecule has 0 heterocycles. The van der Waals surface area contributed by atoms with Gasteiger partial charge >= 0.3 is 0 Å². The Kier molecular flexibility index (Phi) is 4.22. The Morgan fingerprint density at radius 2 is 1.84 bits per heavy atom. The van der Waals surface area contributed by atoms with Crippen molar-refractivity contribution in [1.29, 1.82) is 5.26 Å². The minimum absolute atomic E-state index is 0.0878. The fourth-order valence-electron chi connectivity index (χ4n) is 1.58. The van der Waals surface area contributed by atoms with E-state index in [1.165, 1.54) is 18.7 Å². The summed E-state index contributed by atoms with van der Waals surface area (Å²) in [6.45, 7) is 1.48. The van der Waals surface area contributed by atoms with Crippen LogP contribution in [0.5, 0.6) is 0 Å². The van der Waals surface area contributed by atoms with Crippen molar-refractivity contribution in [2.45, 2.75) is 16.7 Å². The third-order valence-corrected chi connectivity index (χ3v) is 3.49. The molecule has 0 aliphatic rings. The zero-order valence-corrected chi connectivity index (χ0v) is 11.2. The van der Waals surface area contributed by atoms with Crippen LogP contribution in [0.2, 0.25) is 0 Å². The van der Waals surface area contributed by atoms with Gasteiger partial charge in [-0.15, -0.1) is 0 Å². The van der Waals surface area contributed by atoms with E-state index in [-0.39, 0.29) is 5.91 Å². The van der Waals surface area contributed by atoms with Crippen LogP contribution >= 0.6 is 11.8 Å². The smallest absolute Gasteiger partial charge is 0.221 e. The van der Waals surface area contributed by atoms with Gasteiger partial charge in [0.1, 0.15) is 6.07 Å². The largest absolute Gasteiger partial charge is 0.326 e. The lowest BCUT2D eigenvalue weighted by atomic mass is 10.2. The Morgan fingerprint density at radius 1 is 1.16 bits per heavy atom. The van der Waals surface area contributed by atoms with E-state index < -0.39 is 0 Å². The van der Waals surface area contributed by atoms with Crippen molar-refractivity contribution in [1.82, 2.24) is 0 Å². The first-order valence-electron chi connectivity index (χ1n) is 5.73. The van der Waals surface area contributed by atoms with Crippen LogP contribution in [0.1, 0.15) is 12.5 Å². The SMILES string of the molecule is CC(=O)Nc1ccc(Sc2ccccc2C#N)cc1. The molecule has 0 aliphatic carbocycles. The highest BCUT2D eigenvalue weighted by atomic mass is 32.2. The number of carbonyl (C=O) groups is 1. The summed E-state index contributed by atoms with van der Waals surface area (Å²) >= 11 is 1.53. The predicted molar refractivity (Wildman–Crippen MR) is 76.0 cm³/mol. The lowest BCUT2D eigenvalue weighted by Crippen LogP contribution is -2.05. The minimum atomic E-state index is -0.0878. The molecule has 0 saturated heterocycles. The highest BCUT2D eigenvalue weighted by Crippen LogP contribution is 2.30. The predicted octanol–water partition coefficient (Wildman–Crippen LogP) is 3.67. The molecule has 0 aliphatic heterocycles. The molecular weight excluding hydrogens is 256 g/mol. The van der Waals surface area contributed by atoms with E-state index in [2.05, 4.69) is 11.4 Å². The van der Waals surface area contributed by atoms with E-state index in [0.29, 0.717) is 5.56 Å². The van der Waals surface area contributed by atoms with Gasteiger partial charge in [0, 0.05) is 22.4 Å². The first kappa shape index (κ1) is 13.2. The Balaban J connectivity index is 2.16. The molecule has 2 aromatic carbocycles. The molecule has 0 fully saturated rings. The van der Waals surface area contributed by atoms with Gasteiger partial charge in [-0.05, 0) is 36.4 Å². The van der Waals surface area contributed by atoms with Crippen molar-refractivity contribution in [2.24, 2.45) is 0 Å². The molecule has 2 rings (SSSR count). The van der Waals surface area contributed by atoms with Gasteiger partial charge in [0.2, 0.25) is 5.91 Å². The van der Waals surface area contributed by atoms with Crippen LogP contribution in [0.25, 0.3) is 0 Å². The Bertz CT molecular complexity index is 629. The lowest BCUT2D eigenvalue weighted by molar-refractivity contribution is -0.114. The quantitative estimate of drug-likeness (QED) is 0.924. The van der Waals surface area contributed by atoms with Gasteiger partial charge in [-0.3, -0.25) is 4.79 Å². The topological polar surface area (TPSA) is 52.9 Å². The van der Waals surface area contributed by atoms with Crippen LogP contribution in [-0.2, 0) is 4.79 Å². The molecule has 1 amide bonds. The summed E-state index contributed by atoms with van der Waals surface area (Å²) < 4.78 is 0. The van der Waals surface area contributed by atoms with E-state index in [1.54, 1.807) is 6.07 Å². The fraction of sp³-hybridized carbons (Fsp3) is 0.0667. The summed E-state index contributed by atoms with van der Waals surface area (Å²) in [5.74, 6) is -0.0878. The molecule has 2 aromatic rings. The Labute approximate surface area is 116 Å². The average molecular weight is 268 g/mol. The van der Waals surface area contributed by atoms with Crippen molar-refractivity contribution >= 4 is 23.4 Å². The monoisotopic (exact) mass is 268 g/mol. The second-order valence-corrected chi connectivity index (χ2v) is 5.03. The van der Waals surface area contributed by atoms with Gasteiger partial charge in [0.05, 0.1) is 5.56 Å². The maximum Gasteiger partial charge on any atom is 0.221 e. The number of nitrogens with zero attached hydrogens (tertiary/aromatic N) is 1. The lowest BCUT2D eigenvalue weighted by Gasteiger charge is -2.05. The molecule has 94 valence electrons. The molecule has 0 unspecified atom stereocenters. The number of hydrogen-bond acceptors (Lipinski definition) is 3. The summed E-state index contributed by atoms with van der Waals surface area (Å²) in [7, 11) is 0. The van der Waals surface area contributed by atoms with E-state index in [9.17, 15) is 4.79 Å². The first-order chi connectivity index (χ1) is 9.19. The van der Waals surface area contributed by atoms with Crippen LogP contribution in [0.15, 0.2) is 58.3 Å². The first-order valence-corrected chi connectivity index (χ1v) is 6.55. The van der Waals surface area contributed by atoms with Gasteiger partial charge < -0.3 is 5.32 Å². The van der Waals surface area contributed by atoms with Crippen LogP contribution in [0, 0.1) is 11.3 Å². The minimum Gasteiger partial charge on any atom is -0.326 e. The summed E-state index contributed by atoms with van der Waals surface area (Å²) in [4.78, 5) is 12.9. The van der Waals surface area contributed by atoms with Gasteiger partial charge in [-0.1, -0.05) is 23.9 Å². The average Bonchev–Trinajstić information content (AvgIpc) is 2.41. The molecule has 19 heavy (non-hydrogen) atoms. The number of benzene rings is 2. The summed E-state index contributed by atoms with van der Waals surface area (Å²) in [6, 6.07) is 17.2. The molecule has 0 atom stereocenters. The highest BCUT2D eigenvalue weighted by Gasteiger charge is 2.03. The van der Waals surface area contributed by atoms with Crippen LogP contribution in [0.4, 0.5) is 5.69 Å². The molecule has 1 N–H and O–H groups in total. The summed E-state index contributed by atoms with van der Waals surface area (Å²) in [6.07, 6.45) is 0. The number of rotatable bonds is 3. The van der Waals surface area contributed by atoms with E-state index >= 15 is 0 Å². The number of hydrogen-bond donors (Lipinski definition) is 1. The molecule has 0 saturated carbocycles. The van der Waals surface area contributed by atoms with Crippen molar-refractivity contribution in [3.63, 3.8) is 0 Å². The second kappa shape index (κ2) is 6.07. The maximum atomic E-state index is 10.9. The van der Waals surface area contributed by atoms with E-state index in [1.807, 2.05) is 42.5 Å². The molecule has 0 radical (unpaired) electrons. The van der Waals surface area contributed by atoms with E-state index in [0.717, 1.165) is 15.5 Å². The summed E-state index contributed by atoms with van der Waals surface area (Å²) in [5.41, 5.74) is 1.43. The molecule has 4 heteroatoms. The molecule has 0 aromatic heterocycles. The van der Waals surface area contributed by atoms with Crippen molar-refractivity contribution in [2.75, 3.05) is 5.32 Å². The number of amides is 1. The molecule has 0 bridgehead atoms. The standard InChI is InChI=1S/C15H12N2OS/c1-11(18)17-13-6-8-14(9-7-13)19-15-5-3-2-4-12(15)10-16/h2-9H,1H3,(H,17,18). The Morgan fingerprint density at radius 3 is 2.47 bits per heavy atom. The van der Waals surface area contributed by atoms with Crippen LogP contribution in [0.3, 0.4) is 0 Å². The van der Waals surface area contributed by atoms with Crippen molar-refractivity contribution < 1.29 is 4.79 Å². The number of nitrogens with one attached hydrogen (secondary N) is 1. The number of nitriles is 1. The third kappa shape index (κ3) is 3.60. The van der Waals surface area contributed by atoms with Gasteiger partial charge in [-0.25, -0.2) is 0 Å². The van der Waals surface area contributed by atoms with E-state index in [4.69, 9.17) is 5.26 Å². The zero-order valence-electron chi connectivity index (χ0n) is 10.4. The number of carbonyl (C=O) groups excluding carboxylic acids is 1. The normalized spacial score (nSPS) is 9.68. The van der Waals surface area contributed by atoms with Gasteiger partial charge in [0.25, 0.3) is 0 Å². The van der Waals surface area contributed by atoms with Crippen LogP contribution < -0.4 is 5.32 Å². The molecule has 3 nitrogen and oxygen atoms in total. The van der Waals surface area contributed by atoms with Crippen molar-refractivity contribution in [3.05, 3.63) is 54.1 Å². The third-order valence-electron chi connectivity index (χ3n) is 2.41. The maximum absolute atomic E-state index is 10.9. The highest BCUT2D eigenvalue weighted by molar-refractivity contribution is 7.99. The fourth-order valence-corrected chi connectivity index (χ4v) is 2.48.